The normalized spacial score (nSPS) is 11.0. The Hall–Kier alpha value is -2.88. The van der Waals surface area contributed by atoms with Gasteiger partial charge in [0.05, 0.1) is 11.8 Å². The molecule has 0 atom stereocenters. The van der Waals surface area contributed by atoms with E-state index in [1.807, 2.05) is 19.1 Å². The number of Topliss-reactive ketones (excluding diaryl/α,β-unsaturated/α-hetero) is 1. The van der Waals surface area contributed by atoms with Crippen LogP contribution in [0.1, 0.15) is 15.9 Å². The van der Waals surface area contributed by atoms with Crippen LogP contribution >= 0.6 is 0 Å². The number of allylic oxidation sites excluding steroid dienone is 1. The Morgan fingerprint density at radius 2 is 1.62 bits per heavy atom. The molecule has 0 saturated carbocycles. The molecule has 4 heteroatoms. The van der Waals surface area contributed by atoms with Crippen molar-refractivity contribution in [3.05, 3.63) is 77.5 Å². The molecule has 0 fully saturated rings. The molecule has 0 aliphatic carbocycles. The topological polar surface area (TPSA) is 66.4 Å². The van der Waals surface area contributed by atoms with Gasteiger partial charge in [0.25, 0.3) is 0 Å². The van der Waals surface area contributed by atoms with Crippen LogP contribution < -0.4 is 5.32 Å². The molecule has 2 rings (SSSR count). The fraction of sp³-hybridized carbons (Fsp3) is 0.0588. The van der Waals surface area contributed by atoms with Crippen LogP contribution in [-0.2, 0) is 4.79 Å². The molecule has 0 bridgehead atoms. The van der Waals surface area contributed by atoms with Gasteiger partial charge in [0.15, 0.2) is 0 Å². The van der Waals surface area contributed by atoms with E-state index in [2.05, 4.69) is 5.32 Å². The summed E-state index contributed by atoms with van der Waals surface area (Å²) in [4.78, 5) is 23.3. The average Bonchev–Trinajstić information content (AvgIpc) is 2.48. The van der Waals surface area contributed by atoms with E-state index in [0.29, 0.717) is 11.3 Å². The highest BCUT2D eigenvalue weighted by Crippen LogP contribution is 2.15. The maximum absolute atomic E-state index is 12.4. The number of carboxylic acids is 1. The van der Waals surface area contributed by atoms with Gasteiger partial charge in [-0.25, -0.2) is 4.79 Å². The number of anilines is 1. The van der Waals surface area contributed by atoms with Gasteiger partial charge >= 0.3 is 5.97 Å². The third kappa shape index (κ3) is 4.04. The van der Waals surface area contributed by atoms with E-state index in [-0.39, 0.29) is 11.5 Å². The van der Waals surface area contributed by atoms with Gasteiger partial charge in [-0.3, -0.25) is 4.79 Å². The van der Waals surface area contributed by atoms with Gasteiger partial charge in [-0.1, -0.05) is 48.0 Å². The zero-order valence-corrected chi connectivity index (χ0v) is 11.5. The van der Waals surface area contributed by atoms with Gasteiger partial charge in [-0.15, -0.1) is 0 Å². The molecule has 0 spiro atoms. The Bertz CT molecular complexity index is 673. The lowest BCUT2D eigenvalue weighted by molar-refractivity contribution is -0.131. The largest absolute Gasteiger partial charge is 0.478 e. The minimum Gasteiger partial charge on any atom is -0.478 e. The van der Waals surface area contributed by atoms with E-state index in [4.69, 9.17) is 5.11 Å². The van der Waals surface area contributed by atoms with Gasteiger partial charge in [0, 0.05) is 11.3 Å². The summed E-state index contributed by atoms with van der Waals surface area (Å²) in [6.07, 6.45) is 0.884. The molecule has 0 amide bonds. The quantitative estimate of drug-likeness (QED) is 0.652. The van der Waals surface area contributed by atoms with E-state index in [0.717, 1.165) is 11.6 Å². The summed E-state index contributed by atoms with van der Waals surface area (Å²) >= 11 is 0. The smallest absolute Gasteiger partial charge is 0.330 e. The SMILES string of the molecule is Cc1ccc(NC(=CC(=O)O)C(=O)c2ccccc2)cc1. The first-order chi connectivity index (χ1) is 10.1. The number of carboxylic acid groups (broad SMARTS) is 1. The molecule has 0 heterocycles. The molecule has 2 aromatic rings. The number of nitrogens with one attached hydrogen (secondary N) is 1. The van der Waals surface area contributed by atoms with Crippen molar-refractivity contribution < 1.29 is 14.7 Å². The summed E-state index contributed by atoms with van der Waals surface area (Å²) in [6, 6.07) is 15.9. The van der Waals surface area contributed by atoms with Gasteiger partial charge in [0.2, 0.25) is 5.78 Å². The first-order valence-corrected chi connectivity index (χ1v) is 6.44. The van der Waals surface area contributed by atoms with Crippen LogP contribution in [0.4, 0.5) is 5.69 Å². The molecule has 0 radical (unpaired) electrons. The predicted octanol–water partition coefficient (Wildman–Crippen LogP) is 3.26. The highest BCUT2D eigenvalue weighted by molar-refractivity contribution is 6.12. The summed E-state index contributed by atoms with van der Waals surface area (Å²) in [5, 5.41) is 11.8. The molecule has 0 aliphatic heterocycles. The molecule has 0 unspecified atom stereocenters. The summed E-state index contributed by atoms with van der Waals surface area (Å²) in [5.74, 6) is -1.53. The van der Waals surface area contributed by atoms with Gasteiger partial charge < -0.3 is 10.4 Å². The van der Waals surface area contributed by atoms with E-state index >= 15 is 0 Å². The number of carbonyl (C=O) groups excluding carboxylic acids is 1. The molecular formula is C17H15NO3. The third-order valence-corrected chi connectivity index (χ3v) is 2.88. The minimum absolute atomic E-state index is 0.0255. The molecule has 2 aromatic carbocycles. The van der Waals surface area contributed by atoms with Crippen LogP contribution in [-0.4, -0.2) is 16.9 Å². The lowest BCUT2D eigenvalue weighted by atomic mass is 10.1. The first-order valence-electron chi connectivity index (χ1n) is 6.44. The van der Waals surface area contributed by atoms with Crippen LogP contribution in [0.5, 0.6) is 0 Å². The molecular weight excluding hydrogens is 266 g/mol. The maximum Gasteiger partial charge on any atom is 0.330 e. The Balaban J connectivity index is 2.29. The van der Waals surface area contributed by atoms with E-state index in [1.165, 1.54) is 0 Å². The second kappa shape index (κ2) is 6.52. The number of hydrogen-bond donors (Lipinski definition) is 2. The summed E-state index contributed by atoms with van der Waals surface area (Å²) in [5.41, 5.74) is 2.21. The van der Waals surface area contributed by atoms with Crippen molar-refractivity contribution in [2.24, 2.45) is 0 Å². The molecule has 0 aromatic heterocycles. The van der Waals surface area contributed by atoms with E-state index in [1.54, 1.807) is 42.5 Å². The summed E-state index contributed by atoms with van der Waals surface area (Å²) in [7, 11) is 0. The molecule has 4 nitrogen and oxygen atoms in total. The number of carbonyl (C=O) groups is 2. The molecule has 21 heavy (non-hydrogen) atoms. The summed E-state index contributed by atoms with van der Waals surface area (Å²) in [6.45, 7) is 1.95. The van der Waals surface area contributed by atoms with E-state index < -0.39 is 5.97 Å². The molecule has 0 saturated heterocycles. The fourth-order valence-electron chi connectivity index (χ4n) is 1.82. The zero-order valence-electron chi connectivity index (χ0n) is 11.5. The van der Waals surface area contributed by atoms with Crippen molar-refractivity contribution in [3.8, 4) is 0 Å². The first kappa shape index (κ1) is 14.5. The van der Waals surface area contributed by atoms with Crippen molar-refractivity contribution in [2.45, 2.75) is 6.92 Å². The Labute approximate surface area is 122 Å². The maximum atomic E-state index is 12.4. The van der Waals surface area contributed by atoms with Gasteiger partial charge in [-0.2, -0.15) is 0 Å². The van der Waals surface area contributed by atoms with Crippen molar-refractivity contribution in [1.29, 1.82) is 0 Å². The van der Waals surface area contributed by atoms with Gasteiger partial charge in [-0.05, 0) is 19.1 Å². The number of benzene rings is 2. The Morgan fingerprint density at radius 3 is 2.19 bits per heavy atom. The monoisotopic (exact) mass is 281 g/mol. The van der Waals surface area contributed by atoms with Crippen molar-refractivity contribution in [2.75, 3.05) is 5.32 Å². The Kier molecular flexibility index (Phi) is 4.51. The number of hydrogen-bond acceptors (Lipinski definition) is 3. The second-order valence-corrected chi connectivity index (χ2v) is 4.58. The minimum atomic E-state index is -1.17. The predicted molar refractivity (Wildman–Crippen MR) is 81.3 cm³/mol. The van der Waals surface area contributed by atoms with Crippen molar-refractivity contribution in [1.82, 2.24) is 0 Å². The lowest BCUT2D eigenvalue weighted by Crippen LogP contribution is -2.13. The number of aliphatic carboxylic acids is 1. The van der Waals surface area contributed by atoms with Crippen LogP contribution in [0.3, 0.4) is 0 Å². The fourth-order valence-corrected chi connectivity index (χ4v) is 1.82. The number of aryl methyl sites for hydroxylation is 1. The van der Waals surface area contributed by atoms with Crippen LogP contribution in [0.2, 0.25) is 0 Å². The van der Waals surface area contributed by atoms with Gasteiger partial charge in [0.1, 0.15) is 0 Å². The molecule has 106 valence electrons. The van der Waals surface area contributed by atoms with Crippen molar-refractivity contribution >= 4 is 17.4 Å². The van der Waals surface area contributed by atoms with Crippen LogP contribution in [0.15, 0.2) is 66.4 Å². The van der Waals surface area contributed by atoms with E-state index in [9.17, 15) is 9.59 Å². The number of ketones is 1. The lowest BCUT2D eigenvalue weighted by Gasteiger charge is -2.10. The average molecular weight is 281 g/mol. The van der Waals surface area contributed by atoms with Crippen LogP contribution in [0.25, 0.3) is 0 Å². The highest BCUT2D eigenvalue weighted by atomic mass is 16.4. The summed E-state index contributed by atoms with van der Waals surface area (Å²) < 4.78 is 0. The van der Waals surface area contributed by atoms with Crippen LogP contribution in [0, 0.1) is 6.92 Å². The number of rotatable bonds is 5. The highest BCUT2D eigenvalue weighted by Gasteiger charge is 2.13. The Morgan fingerprint density at radius 1 is 1.00 bits per heavy atom. The standard InChI is InChI=1S/C17H15NO3/c1-12-7-9-14(10-8-12)18-15(11-16(19)20)17(21)13-5-3-2-4-6-13/h2-11,18H,1H3,(H,19,20). The third-order valence-electron chi connectivity index (χ3n) is 2.88. The second-order valence-electron chi connectivity index (χ2n) is 4.58. The van der Waals surface area contributed by atoms with Crippen molar-refractivity contribution in [3.63, 3.8) is 0 Å². The molecule has 0 aliphatic rings. The zero-order chi connectivity index (χ0) is 15.2. The molecule has 2 N–H and O–H groups in total.